The lowest BCUT2D eigenvalue weighted by Gasteiger charge is -2.21. The van der Waals surface area contributed by atoms with E-state index in [-0.39, 0.29) is 25.7 Å². The number of hydrogen-bond acceptors (Lipinski definition) is 15. The molecule has 600 valence electrons. The van der Waals surface area contributed by atoms with E-state index in [1.165, 1.54) is 231 Å². The molecule has 0 rings (SSSR count). The molecule has 0 saturated carbocycles. The lowest BCUT2D eigenvalue weighted by atomic mass is 9.99. The summed E-state index contributed by atoms with van der Waals surface area (Å²) in [7, 11) is -9.91. The number of aliphatic hydroxyl groups is 1. The molecule has 19 heteroatoms. The van der Waals surface area contributed by atoms with E-state index in [4.69, 9.17) is 37.0 Å². The summed E-state index contributed by atoms with van der Waals surface area (Å²) in [6, 6.07) is 0. The average molecular weight is 1480 g/mol. The van der Waals surface area contributed by atoms with E-state index in [0.717, 1.165) is 114 Å². The van der Waals surface area contributed by atoms with Gasteiger partial charge in [-0.15, -0.1) is 0 Å². The van der Waals surface area contributed by atoms with Gasteiger partial charge in [-0.3, -0.25) is 37.3 Å². The van der Waals surface area contributed by atoms with Gasteiger partial charge in [0.2, 0.25) is 0 Å². The Bertz CT molecular complexity index is 1960. The maximum Gasteiger partial charge on any atom is 0.472 e. The van der Waals surface area contributed by atoms with Crippen LogP contribution in [0.2, 0.25) is 0 Å². The highest BCUT2D eigenvalue weighted by molar-refractivity contribution is 7.47. The maximum atomic E-state index is 13.1. The van der Waals surface area contributed by atoms with Gasteiger partial charge in [0.25, 0.3) is 0 Å². The van der Waals surface area contributed by atoms with E-state index in [1.807, 2.05) is 0 Å². The number of phosphoric acid groups is 2. The van der Waals surface area contributed by atoms with Gasteiger partial charge < -0.3 is 33.8 Å². The highest BCUT2D eigenvalue weighted by Crippen LogP contribution is 2.45. The van der Waals surface area contributed by atoms with Gasteiger partial charge in [0.1, 0.15) is 19.3 Å². The predicted molar refractivity (Wildman–Crippen MR) is 414 cm³/mol. The second kappa shape index (κ2) is 72.3. The summed E-state index contributed by atoms with van der Waals surface area (Å²) in [5, 5.41) is 10.6. The topological polar surface area (TPSA) is 237 Å². The fourth-order valence-electron chi connectivity index (χ4n) is 12.6. The van der Waals surface area contributed by atoms with Crippen molar-refractivity contribution in [3.63, 3.8) is 0 Å². The molecule has 0 aliphatic rings. The third-order valence-corrected chi connectivity index (χ3v) is 21.4. The number of rotatable bonds is 80. The van der Waals surface area contributed by atoms with Crippen LogP contribution < -0.4 is 0 Å². The maximum absolute atomic E-state index is 13.1. The molecule has 0 spiro atoms. The van der Waals surface area contributed by atoms with Crippen LogP contribution in [0.5, 0.6) is 0 Å². The summed E-state index contributed by atoms with van der Waals surface area (Å²) in [5.41, 5.74) is 0. The first-order valence-corrected chi connectivity index (χ1v) is 45.4. The number of hydrogen-bond donors (Lipinski definition) is 3. The van der Waals surface area contributed by atoms with Crippen molar-refractivity contribution < 1.29 is 80.2 Å². The molecular weight excluding hydrogens is 1320 g/mol. The highest BCUT2D eigenvalue weighted by atomic mass is 31.2. The molecule has 0 bridgehead atoms. The Morgan fingerprint density at radius 3 is 0.752 bits per heavy atom. The van der Waals surface area contributed by atoms with Gasteiger partial charge in [0.05, 0.1) is 26.4 Å². The van der Waals surface area contributed by atoms with Crippen molar-refractivity contribution in [2.75, 3.05) is 39.6 Å². The molecule has 101 heavy (non-hydrogen) atoms. The monoisotopic (exact) mass is 1480 g/mol. The average Bonchev–Trinajstić information content (AvgIpc) is 1.03. The third-order valence-electron chi connectivity index (χ3n) is 19.5. The van der Waals surface area contributed by atoms with Gasteiger partial charge in [-0.2, -0.15) is 0 Å². The summed E-state index contributed by atoms with van der Waals surface area (Å²) >= 11 is 0. The van der Waals surface area contributed by atoms with Crippen molar-refractivity contribution >= 4 is 39.5 Å². The number of carbonyl (C=O) groups excluding carboxylic acids is 4. The lowest BCUT2D eigenvalue weighted by molar-refractivity contribution is -0.161. The molecule has 0 saturated heterocycles. The summed E-state index contributed by atoms with van der Waals surface area (Å²) in [6.45, 7) is 11.9. The van der Waals surface area contributed by atoms with Gasteiger partial charge >= 0.3 is 39.5 Å². The quantitative estimate of drug-likeness (QED) is 0.0222. The first kappa shape index (κ1) is 99.1. The third kappa shape index (κ3) is 74.7. The van der Waals surface area contributed by atoms with Crippen molar-refractivity contribution in [2.45, 2.75) is 446 Å². The molecule has 0 aromatic carbocycles. The Morgan fingerprint density at radius 1 is 0.287 bits per heavy atom. The summed E-state index contributed by atoms with van der Waals surface area (Å²) in [4.78, 5) is 72.7. The van der Waals surface area contributed by atoms with Crippen molar-refractivity contribution in [3.05, 3.63) is 0 Å². The Balaban J connectivity index is 5.11. The molecule has 0 fully saturated rings. The van der Waals surface area contributed by atoms with Crippen LogP contribution in [0, 0.1) is 17.8 Å². The number of phosphoric ester groups is 2. The van der Waals surface area contributed by atoms with E-state index in [0.29, 0.717) is 25.7 Å². The van der Waals surface area contributed by atoms with E-state index >= 15 is 0 Å². The van der Waals surface area contributed by atoms with Crippen LogP contribution in [-0.2, 0) is 65.4 Å². The molecule has 17 nitrogen and oxygen atoms in total. The largest absolute Gasteiger partial charge is 0.472 e. The van der Waals surface area contributed by atoms with Gasteiger partial charge in [0, 0.05) is 25.7 Å². The van der Waals surface area contributed by atoms with E-state index < -0.39 is 97.5 Å². The summed E-state index contributed by atoms with van der Waals surface area (Å²) < 4.78 is 68.5. The smallest absolute Gasteiger partial charge is 0.462 e. The van der Waals surface area contributed by atoms with Gasteiger partial charge in [-0.25, -0.2) is 9.13 Å². The van der Waals surface area contributed by atoms with Gasteiger partial charge in [-0.1, -0.05) is 376 Å². The number of ether oxygens (including phenoxy) is 4. The highest BCUT2D eigenvalue weighted by Gasteiger charge is 2.30. The van der Waals surface area contributed by atoms with Crippen molar-refractivity contribution in [2.24, 2.45) is 17.8 Å². The number of unbranched alkanes of at least 4 members (excludes halogenated alkanes) is 47. The molecule has 0 radical (unpaired) electrons. The second-order valence-corrected chi connectivity index (χ2v) is 33.6. The lowest BCUT2D eigenvalue weighted by Crippen LogP contribution is -2.30. The normalized spacial score (nSPS) is 14.2. The molecule has 0 aliphatic carbocycles. The Labute approximate surface area is 619 Å². The number of esters is 4. The summed E-state index contributed by atoms with van der Waals surface area (Å²) in [6.07, 6.45) is 61.6. The summed E-state index contributed by atoms with van der Waals surface area (Å²) in [5.74, 6) is 0.325. The van der Waals surface area contributed by atoms with Gasteiger partial charge in [-0.05, 0) is 43.4 Å². The van der Waals surface area contributed by atoms with Crippen LogP contribution >= 0.6 is 15.6 Å². The first-order valence-electron chi connectivity index (χ1n) is 42.4. The minimum absolute atomic E-state index is 0.105. The fourth-order valence-corrected chi connectivity index (χ4v) is 14.2. The molecule has 0 amide bonds. The van der Waals surface area contributed by atoms with Crippen LogP contribution in [0.3, 0.4) is 0 Å². The van der Waals surface area contributed by atoms with Crippen molar-refractivity contribution in [1.82, 2.24) is 0 Å². The van der Waals surface area contributed by atoms with Crippen LogP contribution in [0.25, 0.3) is 0 Å². The van der Waals surface area contributed by atoms with E-state index in [9.17, 15) is 43.2 Å². The SMILES string of the molecule is CCCCCCCC(=O)OC[C@H](COP(=O)(O)OC[C@H](O)COP(=O)(O)OC[C@@H](COC(=O)CCCCCCCCCCCCCCCCCCCCC(C)C)OC(=O)CCCCCCCCCCCCCCCCCCCCC(C)C)OC(=O)CCCCCCCCCCCCC(C)CC. The zero-order valence-corrected chi connectivity index (χ0v) is 68.2. The van der Waals surface area contributed by atoms with Crippen LogP contribution in [-0.4, -0.2) is 96.7 Å². The Kier molecular flexibility index (Phi) is 70.9. The van der Waals surface area contributed by atoms with Crippen molar-refractivity contribution in [1.29, 1.82) is 0 Å². The van der Waals surface area contributed by atoms with E-state index in [1.54, 1.807) is 0 Å². The van der Waals surface area contributed by atoms with Crippen LogP contribution in [0.1, 0.15) is 427 Å². The minimum atomic E-state index is -4.96. The first-order chi connectivity index (χ1) is 48.8. The molecule has 3 N–H and O–H groups in total. The van der Waals surface area contributed by atoms with Gasteiger partial charge in [0.15, 0.2) is 12.2 Å². The molecule has 0 aromatic rings. The molecule has 0 aromatic heterocycles. The zero-order valence-electron chi connectivity index (χ0n) is 66.4. The Morgan fingerprint density at radius 2 is 0.505 bits per heavy atom. The molecular formula is C82H160O17P2. The standard InChI is InChI=1S/C82H160O17P2/c1-8-10-11-46-56-63-79(84)92-69-77(98-81(86)66-59-52-45-39-33-32-36-42-49-55-62-75(7)9-2)71-96-100(88,89)94-67-76(83)68-95-101(90,91)97-72-78(99-82(87)65-58-51-44-38-31-27-23-19-15-13-17-21-25-29-35-41-48-54-61-74(5)6)70-93-80(85)64-57-50-43-37-30-26-22-18-14-12-16-20-24-28-34-40-47-53-60-73(3)4/h73-78,83H,8-72H2,1-7H3,(H,88,89)(H,90,91)/t75?,76-,77+,78+/m0/s1. The van der Waals surface area contributed by atoms with Crippen molar-refractivity contribution in [3.8, 4) is 0 Å². The second-order valence-electron chi connectivity index (χ2n) is 30.7. The predicted octanol–water partition coefficient (Wildman–Crippen LogP) is 24.5. The minimum Gasteiger partial charge on any atom is -0.462 e. The Hall–Kier alpha value is -1.94. The number of carbonyl (C=O) groups is 4. The number of aliphatic hydroxyl groups excluding tert-OH is 1. The molecule has 0 heterocycles. The molecule has 0 aliphatic heterocycles. The zero-order chi connectivity index (χ0) is 74.4. The van der Waals surface area contributed by atoms with E-state index in [2.05, 4.69) is 48.5 Å². The molecule has 6 atom stereocenters. The molecule has 3 unspecified atom stereocenters. The van der Waals surface area contributed by atoms with Crippen LogP contribution in [0.4, 0.5) is 0 Å². The van der Waals surface area contributed by atoms with Crippen LogP contribution in [0.15, 0.2) is 0 Å². The fraction of sp³-hybridized carbons (Fsp3) is 0.951.